The Bertz CT molecular complexity index is 587. The second kappa shape index (κ2) is 6.43. The minimum atomic E-state index is 0.405. The number of hydrogen-bond acceptors (Lipinski definition) is 4. The van der Waals surface area contributed by atoms with Gasteiger partial charge in [-0.15, -0.1) is 0 Å². The summed E-state index contributed by atoms with van der Waals surface area (Å²) in [5.74, 6) is 1.33. The highest BCUT2D eigenvalue weighted by Gasteiger charge is 2.14. The topological polar surface area (TPSA) is 51.5 Å². The molecule has 114 valence electrons. The van der Waals surface area contributed by atoms with Crippen molar-refractivity contribution in [2.24, 2.45) is 0 Å². The molecule has 0 spiro atoms. The van der Waals surface area contributed by atoms with Crippen LogP contribution in [0, 0.1) is 0 Å². The predicted molar refractivity (Wildman–Crippen MR) is 83.8 cm³/mol. The number of rotatable bonds is 5. The van der Waals surface area contributed by atoms with Gasteiger partial charge in [-0.05, 0) is 37.7 Å². The van der Waals surface area contributed by atoms with Crippen LogP contribution in [0.3, 0.4) is 0 Å². The first kappa shape index (κ1) is 14.3. The summed E-state index contributed by atoms with van der Waals surface area (Å²) in [4.78, 5) is 4.45. The summed E-state index contributed by atoms with van der Waals surface area (Å²) >= 11 is 0. The molecule has 0 saturated carbocycles. The van der Waals surface area contributed by atoms with Gasteiger partial charge in [0.05, 0.1) is 11.8 Å². The molecule has 2 aromatic heterocycles. The van der Waals surface area contributed by atoms with Gasteiger partial charge in [0, 0.05) is 25.5 Å². The molecule has 1 unspecified atom stereocenters. The number of nitrogens with zero attached hydrogens (tertiary/aromatic N) is 3. The summed E-state index contributed by atoms with van der Waals surface area (Å²) in [5.41, 5.74) is 2.15. The zero-order chi connectivity index (χ0) is 14.7. The van der Waals surface area contributed by atoms with Gasteiger partial charge in [-0.2, -0.15) is 5.10 Å². The van der Waals surface area contributed by atoms with Gasteiger partial charge >= 0.3 is 0 Å². The van der Waals surface area contributed by atoms with E-state index in [0.29, 0.717) is 12.0 Å². The van der Waals surface area contributed by atoms with Crippen molar-refractivity contribution in [2.75, 3.05) is 18.5 Å². The summed E-state index contributed by atoms with van der Waals surface area (Å²) in [6.07, 6.45) is 8.82. The van der Waals surface area contributed by atoms with Crippen molar-refractivity contribution in [1.82, 2.24) is 14.6 Å². The molecular weight excluding hydrogens is 264 g/mol. The zero-order valence-corrected chi connectivity index (χ0v) is 12.9. The zero-order valence-electron chi connectivity index (χ0n) is 12.9. The lowest BCUT2D eigenvalue weighted by atomic mass is 10.1. The molecule has 0 bridgehead atoms. The third-order valence-corrected chi connectivity index (χ3v) is 4.03. The molecule has 1 atom stereocenters. The van der Waals surface area contributed by atoms with E-state index >= 15 is 0 Å². The maximum Gasteiger partial charge on any atom is 0.152 e. The van der Waals surface area contributed by atoms with E-state index in [2.05, 4.69) is 35.3 Å². The molecule has 0 amide bonds. The maximum absolute atomic E-state index is 5.76. The Morgan fingerprint density at radius 1 is 1.43 bits per heavy atom. The van der Waals surface area contributed by atoms with Crippen LogP contribution in [-0.2, 0) is 4.74 Å². The second-order valence-corrected chi connectivity index (χ2v) is 6.03. The number of fused-ring (bicyclic) bond motifs is 1. The fraction of sp³-hybridized carbons (Fsp3) is 0.625. The van der Waals surface area contributed by atoms with Gasteiger partial charge < -0.3 is 10.1 Å². The number of hydrogen-bond donors (Lipinski definition) is 1. The standard InChI is InChI=1S/C16H24N4O/c1-12(2)14-11-15-16(18-8-9-20(15)19-14)17-7-6-13-5-3-4-10-21-13/h8-9,11-13H,3-7,10H2,1-2H3,(H,17,18). The maximum atomic E-state index is 5.76. The van der Waals surface area contributed by atoms with Crippen LogP contribution in [0.4, 0.5) is 5.82 Å². The smallest absolute Gasteiger partial charge is 0.152 e. The molecule has 5 nitrogen and oxygen atoms in total. The molecular formula is C16H24N4O. The molecule has 5 heteroatoms. The van der Waals surface area contributed by atoms with E-state index < -0.39 is 0 Å². The molecule has 0 aliphatic carbocycles. The van der Waals surface area contributed by atoms with Crippen LogP contribution in [0.1, 0.15) is 51.1 Å². The van der Waals surface area contributed by atoms with E-state index in [9.17, 15) is 0 Å². The van der Waals surface area contributed by atoms with Crippen LogP contribution < -0.4 is 5.32 Å². The van der Waals surface area contributed by atoms with Crippen LogP contribution in [0.5, 0.6) is 0 Å². The average Bonchev–Trinajstić information content (AvgIpc) is 2.94. The van der Waals surface area contributed by atoms with Crippen molar-refractivity contribution >= 4 is 11.3 Å². The molecule has 3 rings (SSSR count). The fourth-order valence-electron chi connectivity index (χ4n) is 2.75. The number of aromatic nitrogens is 3. The highest BCUT2D eigenvalue weighted by atomic mass is 16.5. The summed E-state index contributed by atoms with van der Waals surface area (Å²) < 4.78 is 7.67. The Morgan fingerprint density at radius 3 is 3.10 bits per heavy atom. The Morgan fingerprint density at radius 2 is 2.33 bits per heavy atom. The van der Waals surface area contributed by atoms with Crippen molar-refractivity contribution in [2.45, 2.75) is 51.6 Å². The third kappa shape index (κ3) is 3.35. The lowest BCUT2D eigenvalue weighted by Crippen LogP contribution is -2.22. The van der Waals surface area contributed by atoms with Gasteiger partial charge in [-0.1, -0.05) is 13.8 Å². The van der Waals surface area contributed by atoms with Gasteiger partial charge in [-0.25, -0.2) is 9.50 Å². The van der Waals surface area contributed by atoms with Crippen LogP contribution in [0.15, 0.2) is 18.5 Å². The number of ether oxygens (including phenoxy) is 1. The van der Waals surface area contributed by atoms with E-state index in [-0.39, 0.29) is 0 Å². The number of anilines is 1. The fourth-order valence-corrected chi connectivity index (χ4v) is 2.75. The molecule has 1 saturated heterocycles. The van der Waals surface area contributed by atoms with Gasteiger partial charge in [0.1, 0.15) is 5.52 Å². The summed E-state index contributed by atoms with van der Waals surface area (Å²) in [5, 5.41) is 8.02. The monoisotopic (exact) mass is 288 g/mol. The van der Waals surface area contributed by atoms with Crippen molar-refractivity contribution < 1.29 is 4.74 Å². The normalized spacial score (nSPS) is 19.3. The molecule has 1 aliphatic rings. The Kier molecular flexibility index (Phi) is 4.39. The largest absolute Gasteiger partial charge is 0.378 e. The highest BCUT2D eigenvalue weighted by Crippen LogP contribution is 2.20. The molecule has 0 radical (unpaired) electrons. The number of nitrogens with one attached hydrogen (secondary N) is 1. The van der Waals surface area contributed by atoms with Crippen LogP contribution in [0.2, 0.25) is 0 Å². The van der Waals surface area contributed by atoms with E-state index in [1.165, 1.54) is 19.3 Å². The molecule has 21 heavy (non-hydrogen) atoms. The van der Waals surface area contributed by atoms with Crippen molar-refractivity contribution in [3.05, 3.63) is 24.2 Å². The molecule has 1 aliphatic heterocycles. The Hall–Kier alpha value is -1.62. The van der Waals surface area contributed by atoms with Gasteiger partial charge in [0.15, 0.2) is 5.82 Å². The SMILES string of the molecule is CC(C)c1cc2c(NCCC3CCCCO3)nccn2n1. The van der Waals surface area contributed by atoms with Crippen molar-refractivity contribution in [1.29, 1.82) is 0 Å². The molecule has 0 aromatic carbocycles. The average molecular weight is 288 g/mol. The first-order chi connectivity index (χ1) is 10.2. The van der Waals surface area contributed by atoms with E-state index in [1.54, 1.807) is 6.20 Å². The summed E-state index contributed by atoms with van der Waals surface area (Å²) in [6.45, 7) is 6.11. The van der Waals surface area contributed by atoms with Gasteiger partial charge in [0.25, 0.3) is 0 Å². The lowest BCUT2D eigenvalue weighted by molar-refractivity contribution is 0.0134. The first-order valence-corrected chi connectivity index (χ1v) is 7.94. The van der Waals surface area contributed by atoms with Gasteiger partial charge in [0.2, 0.25) is 0 Å². The minimum absolute atomic E-state index is 0.405. The summed E-state index contributed by atoms with van der Waals surface area (Å²) in [6, 6.07) is 2.12. The van der Waals surface area contributed by atoms with Gasteiger partial charge in [-0.3, -0.25) is 0 Å². The predicted octanol–water partition coefficient (Wildman–Crippen LogP) is 3.22. The Balaban J connectivity index is 1.65. The third-order valence-electron chi connectivity index (χ3n) is 4.03. The van der Waals surface area contributed by atoms with Crippen LogP contribution in [-0.4, -0.2) is 33.9 Å². The van der Waals surface area contributed by atoms with E-state index in [0.717, 1.165) is 36.6 Å². The lowest BCUT2D eigenvalue weighted by Gasteiger charge is -2.22. The van der Waals surface area contributed by atoms with Crippen molar-refractivity contribution in [3.8, 4) is 0 Å². The molecule has 1 fully saturated rings. The molecule has 1 N–H and O–H groups in total. The highest BCUT2D eigenvalue weighted by molar-refractivity contribution is 5.67. The van der Waals surface area contributed by atoms with Crippen LogP contribution >= 0.6 is 0 Å². The van der Waals surface area contributed by atoms with E-state index in [1.807, 2.05) is 10.7 Å². The second-order valence-electron chi connectivity index (χ2n) is 6.03. The van der Waals surface area contributed by atoms with E-state index in [4.69, 9.17) is 4.74 Å². The minimum Gasteiger partial charge on any atom is -0.378 e. The van der Waals surface area contributed by atoms with Crippen LogP contribution in [0.25, 0.3) is 5.52 Å². The first-order valence-electron chi connectivity index (χ1n) is 7.94. The summed E-state index contributed by atoms with van der Waals surface area (Å²) in [7, 11) is 0. The quantitative estimate of drug-likeness (QED) is 0.917. The molecule has 2 aromatic rings. The molecule has 3 heterocycles. The van der Waals surface area contributed by atoms with Crippen molar-refractivity contribution in [3.63, 3.8) is 0 Å². The Labute approximate surface area is 125 Å².